The van der Waals surface area contributed by atoms with Crippen LogP contribution in [-0.2, 0) is 4.43 Å². The Balaban J connectivity index is 2.42. The number of unbranched alkanes of at least 4 members (excludes halogenated alkanes) is 1. The minimum absolute atomic E-state index is 0.191. The third-order valence-electron chi connectivity index (χ3n) is 4.88. The van der Waals surface area contributed by atoms with Crippen molar-refractivity contribution in [2.75, 3.05) is 11.9 Å². The van der Waals surface area contributed by atoms with Crippen LogP contribution in [0, 0.1) is 18.3 Å². The van der Waals surface area contributed by atoms with E-state index in [2.05, 4.69) is 45.3 Å². The molecule has 4 nitrogen and oxygen atoms in total. The van der Waals surface area contributed by atoms with Crippen LogP contribution in [0.3, 0.4) is 0 Å². The van der Waals surface area contributed by atoms with Crippen LogP contribution in [0.15, 0.2) is 18.2 Å². The summed E-state index contributed by atoms with van der Waals surface area (Å²) in [6.07, 6.45) is 2.61. The Hall–Kier alpha value is -1.51. The number of hydrogen-bond acceptors (Lipinski definition) is 4. The molecule has 0 fully saturated rings. The quantitative estimate of drug-likeness (QED) is 0.385. The molecule has 24 heavy (non-hydrogen) atoms. The highest BCUT2D eigenvalue weighted by molar-refractivity contribution is 6.74. The number of phenols is 1. The molecule has 134 valence electrons. The van der Waals surface area contributed by atoms with E-state index in [1.807, 2.05) is 13.0 Å². The summed E-state index contributed by atoms with van der Waals surface area (Å²) in [5.74, 6) is 0.191. The molecular formula is C19H32N2O2Si. The van der Waals surface area contributed by atoms with Crippen molar-refractivity contribution in [3.05, 3.63) is 23.8 Å². The molecule has 0 aliphatic rings. The van der Waals surface area contributed by atoms with Crippen molar-refractivity contribution in [2.45, 2.75) is 71.1 Å². The summed E-state index contributed by atoms with van der Waals surface area (Å²) in [4.78, 5) is 0. The van der Waals surface area contributed by atoms with E-state index in [-0.39, 0.29) is 16.8 Å². The summed E-state index contributed by atoms with van der Waals surface area (Å²) in [5, 5.41) is 22.6. The number of nitrogens with one attached hydrogen (secondary N) is 1. The van der Waals surface area contributed by atoms with Gasteiger partial charge in [0.2, 0.25) is 0 Å². The molecule has 0 saturated carbocycles. The van der Waals surface area contributed by atoms with Crippen molar-refractivity contribution in [1.29, 1.82) is 5.26 Å². The summed E-state index contributed by atoms with van der Waals surface area (Å²) in [7, 11) is -1.68. The van der Waals surface area contributed by atoms with E-state index in [0.717, 1.165) is 31.4 Å². The number of para-hydroxylation sites is 1. The lowest BCUT2D eigenvalue weighted by Crippen LogP contribution is -2.40. The second-order valence-corrected chi connectivity index (χ2v) is 12.7. The highest BCUT2D eigenvalue weighted by atomic mass is 28.4. The molecule has 0 aliphatic carbocycles. The first kappa shape index (κ1) is 20.5. The van der Waals surface area contributed by atoms with Crippen LogP contribution in [0.2, 0.25) is 18.1 Å². The van der Waals surface area contributed by atoms with Gasteiger partial charge in [-0.05, 0) is 55.9 Å². The molecule has 0 spiro atoms. The van der Waals surface area contributed by atoms with Crippen LogP contribution in [0.4, 0.5) is 5.69 Å². The fourth-order valence-corrected chi connectivity index (χ4v) is 3.27. The molecule has 0 heterocycles. The number of rotatable bonds is 8. The van der Waals surface area contributed by atoms with Crippen molar-refractivity contribution in [3.63, 3.8) is 0 Å². The molecule has 0 unspecified atom stereocenters. The van der Waals surface area contributed by atoms with Crippen LogP contribution < -0.4 is 5.32 Å². The first-order valence-corrected chi connectivity index (χ1v) is 11.6. The maximum atomic E-state index is 9.92. The predicted octanol–water partition coefficient (Wildman–Crippen LogP) is 5.20. The van der Waals surface area contributed by atoms with Gasteiger partial charge in [-0.15, -0.1) is 0 Å². The van der Waals surface area contributed by atoms with Crippen molar-refractivity contribution in [2.24, 2.45) is 0 Å². The molecule has 0 aromatic heterocycles. The van der Waals surface area contributed by atoms with Gasteiger partial charge in [-0.2, -0.15) is 5.26 Å². The topological polar surface area (TPSA) is 65.3 Å². The van der Waals surface area contributed by atoms with Crippen molar-refractivity contribution >= 4 is 14.0 Å². The van der Waals surface area contributed by atoms with E-state index in [1.165, 1.54) is 0 Å². The van der Waals surface area contributed by atoms with Crippen LogP contribution in [0.5, 0.6) is 5.75 Å². The number of phenolic OH excluding ortho intramolecular Hbond substituents is 1. The Morgan fingerprint density at radius 2 is 1.96 bits per heavy atom. The lowest BCUT2D eigenvalue weighted by atomic mass is 10.1. The fraction of sp³-hybridized carbons (Fsp3) is 0.632. The van der Waals surface area contributed by atoms with Crippen molar-refractivity contribution in [3.8, 4) is 11.8 Å². The molecule has 1 aromatic carbocycles. The molecule has 5 heteroatoms. The van der Waals surface area contributed by atoms with Crippen LogP contribution in [0.25, 0.3) is 0 Å². The van der Waals surface area contributed by atoms with Gasteiger partial charge in [0.15, 0.2) is 8.32 Å². The summed E-state index contributed by atoms with van der Waals surface area (Å²) >= 11 is 0. The average Bonchev–Trinajstić information content (AvgIpc) is 2.47. The van der Waals surface area contributed by atoms with Crippen LogP contribution in [0.1, 0.15) is 45.6 Å². The summed E-state index contributed by atoms with van der Waals surface area (Å²) in [6, 6.07) is 7.34. The number of aryl methyl sites for hydroxylation is 1. The highest BCUT2D eigenvalue weighted by Crippen LogP contribution is 2.36. The molecule has 1 rings (SSSR count). The van der Waals surface area contributed by atoms with Crippen LogP contribution in [-0.4, -0.2) is 26.1 Å². The largest absolute Gasteiger partial charge is 0.506 e. The second kappa shape index (κ2) is 8.54. The van der Waals surface area contributed by atoms with Crippen molar-refractivity contribution < 1.29 is 9.53 Å². The minimum Gasteiger partial charge on any atom is -0.506 e. The monoisotopic (exact) mass is 348 g/mol. The zero-order valence-corrected chi connectivity index (χ0v) is 16.9. The number of aromatic hydroxyl groups is 1. The normalized spacial score (nSPS) is 13.4. The lowest BCUT2D eigenvalue weighted by molar-refractivity contribution is 0.277. The molecule has 0 radical (unpaired) electrons. The van der Waals surface area contributed by atoms with Gasteiger partial charge in [-0.25, -0.2) is 0 Å². The maximum Gasteiger partial charge on any atom is 0.191 e. The summed E-state index contributed by atoms with van der Waals surface area (Å²) in [5.41, 5.74) is 1.60. The zero-order valence-electron chi connectivity index (χ0n) is 15.9. The summed E-state index contributed by atoms with van der Waals surface area (Å²) < 4.78 is 6.16. The first-order valence-electron chi connectivity index (χ1n) is 8.67. The molecular weight excluding hydrogens is 316 g/mol. The van der Waals surface area contributed by atoms with Gasteiger partial charge < -0.3 is 14.8 Å². The Kier molecular flexibility index (Phi) is 7.31. The fourth-order valence-electron chi connectivity index (χ4n) is 2.18. The smallest absolute Gasteiger partial charge is 0.191 e. The molecule has 0 saturated heterocycles. The van der Waals surface area contributed by atoms with E-state index >= 15 is 0 Å². The standard InChI is InChI=1S/C19H32N2O2Si/c1-15-10-9-12-17(22)18(15)21-16(14-20)11-7-8-13-23-24(5,6)19(2,3)4/h9-10,12,16,21-22H,7-8,11,13H2,1-6H3/t16-/m1/s1. The van der Waals surface area contributed by atoms with E-state index in [4.69, 9.17) is 4.43 Å². The number of hydrogen-bond donors (Lipinski definition) is 2. The summed E-state index contributed by atoms with van der Waals surface area (Å²) in [6.45, 7) is 13.9. The van der Waals surface area contributed by atoms with Gasteiger partial charge in [0.1, 0.15) is 11.8 Å². The number of nitrogens with zero attached hydrogens (tertiary/aromatic N) is 1. The molecule has 0 bridgehead atoms. The SMILES string of the molecule is Cc1cccc(O)c1N[C@@H](C#N)CCCCO[Si](C)(C)C(C)(C)C. The lowest BCUT2D eigenvalue weighted by Gasteiger charge is -2.36. The first-order chi connectivity index (χ1) is 11.1. The maximum absolute atomic E-state index is 9.92. The third-order valence-corrected chi connectivity index (χ3v) is 9.42. The van der Waals surface area contributed by atoms with Gasteiger partial charge in [0.05, 0.1) is 11.8 Å². The van der Waals surface area contributed by atoms with Gasteiger partial charge in [-0.3, -0.25) is 0 Å². The van der Waals surface area contributed by atoms with Gasteiger partial charge in [-0.1, -0.05) is 32.9 Å². The van der Waals surface area contributed by atoms with Crippen molar-refractivity contribution in [1.82, 2.24) is 0 Å². The van der Waals surface area contributed by atoms with Gasteiger partial charge >= 0.3 is 0 Å². The predicted molar refractivity (Wildman–Crippen MR) is 103 cm³/mol. The van der Waals surface area contributed by atoms with Crippen LogP contribution >= 0.6 is 0 Å². The molecule has 2 N–H and O–H groups in total. The van der Waals surface area contributed by atoms with Gasteiger partial charge in [0, 0.05) is 6.61 Å². The van der Waals surface area contributed by atoms with E-state index < -0.39 is 8.32 Å². The number of nitriles is 1. The third kappa shape index (κ3) is 5.84. The Bertz CT molecular complexity index is 553. The molecule has 1 atom stereocenters. The highest BCUT2D eigenvalue weighted by Gasteiger charge is 2.36. The van der Waals surface area contributed by atoms with E-state index in [1.54, 1.807) is 12.1 Å². The van der Waals surface area contributed by atoms with E-state index in [9.17, 15) is 10.4 Å². The minimum atomic E-state index is -1.68. The molecule has 0 amide bonds. The van der Waals surface area contributed by atoms with E-state index in [0.29, 0.717) is 5.69 Å². The number of anilines is 1. The number of benzene rings is 1. The Morgan fingerprint density at radius 3 is 2.50 bits per heavy atom. The van der Waals surface area contributed by atoms with Gasteiger partial charge in [0.25, 0.3) is 0 Å². The molecule has 0 aliphatic heterocycles. The Labute approximate surface area is 148 Å². The average molecular weight is 349 g/mol. The molecule has 1 aromatic rings. The second-order valence-electron chi connectivity index (χ2n) is 7.90. The zero-order chi connectivity index (χ0) is 18.4. The Morgan fingerprint density at radius 1 is 1.29 bits per heavy atom.